The highest BCUT2D eigenvalue weighted by atomic mass is 35.5. The van der Waals surface area contributed by atoms with Gasteiger partial charge in [-0.15, -0.1) is 11.6 Å². The molecule has 1 fully saturated rings. The minimum atomic E-state index is -0.0689. The molecule has 1 heterocycles. The van der Waals surface area contributed by atoms with Crippen molar-refractivity contribution in [3.05, 3.63) is 30.1 Å². The van der Waals surface area contributed by atoms with Crippen LogP contribution in [0.25, 0.3) is 11.0 Å². The zero-order chi connectivity index (χ0) is 14.2. The summed E-state index contributed by atoms with van der Waals surface area (Å²) in [5, 5.41) is -0.0689. The van der Waals surface area contributed by atoms with Crippen molar-refractivity contribution < 1.29 is 4.74 Å². The first kappa shape index (κ1) is 13.9. The Labute approximate surface area is 124 Å². The van der Waals surface area contributed by atoms with E-state index in [0.717, 1.165) is 30.9 Å². The van der Waals surface area contributed by atoms with Crippen LogP contribution in [0.3, 0.4) is 0 Å². The van der Waals surface area contributed by atoms with Gasteiger partial charge >= 0.3 is 0 Å². The number of benzene rings is 1. The van der Waals surface area contributed by atoms with Crippen LogP contribution in [0.1, 0.15) is 37.4 Å². The lowest BCUT2D eigenvalue weighted by molar-refractivity contribution is 0.167. The number of ether oxygens (including phenoxy) is 1. The Morgan fingerprint density at radius 2 is 2.15 bits per heavy atom. The molecule has 108 valence electrons. The van der Waals surface area contributed by atoms with Crippen LogP contribution in [0.5, 0.6) is 0 Å². The average molecular weight is 293 g/mol. The normalized spacial score (nSPS) is 18.4. The first-order valence-electron chi connectivity index (χ1n) is 7.23. The smallest absolute Gasteiger partial charge is 0.127 e. The lowest BCUT2D eigenvalue weighted by Crippen LogP contribution is -2.16. The molecule has 0 radical (unpaired) electrons. The van der Waals surface area contributed by atoms with Crippen molar-refractivity contribution in [1.82, 2.24) is 9.55 Å². The highest BCUT2D eigenvalue weighted by Gasteiger charge is 2.43. The average Bonchev–Trinajstić information content (AvgIpc) is 3.11. The zero-order valence-corrected chi connectivity index (χ0v) is 12.9. The number of aromatic nitrogens is 2. The third-order valence-electron chi connectivity index (χ3n) is 4.33. The summed E-state index contributed by atoms with van der Waals surface area (Å²) in [5.41, 5.74) is 2.62. The number of hydrogen-bond donors (Lipinski definition) is 0. The Kier molecular flexibility index (Phi) is 3.74. The second-order valence-corrected chi connectivity index (χ2v) is 6.56. The van der Waals surface area contributed by atoms with E-state index in [9.17, 15) is 0 Å². The van der Waals surface area contributed by atoms with Crippen LogP contribution < -0.4 is 0 Å². The number of halogens is 1. The number of rotatable bonds is 6. The number of hydrogen-bond acceptors (Lipinski definition) is 2. The molecule has 0 N–H and O–H groups in total. The van der Waals surface area contributed by atoms with Crippen molar-refractivity contribution in [1.29, 1.82) is 0 Å². The molecular formula is C16H21ClN2O. The Hall–Kier alpha value is -1.06. The van der Waals surface area contributed by atoms with Gasteiger partial charge in [0.05, 0.1) is 16.4 Å². The lowest BCUT2D eigenvalue weighted by Gasteiger charge is -2.18. The first-order chi connectivity index (χ1) is 9.65. The van der Waals surface area contributed by atoms with Crippen molar-refractivity contribution in [2.75, 3.05) is 13.7 Å². The molecule has 1 aliphatic rings. The highest BCUT2D eigenvalue weighted by molar-refractivity contribution is 6.20. The monoisotopic (exact) mass is 292 g/mol. The number of imidazole rings is 1. The van der Waals surface area contributed by atoms with Gasteiger partial charge in [0.2, 0.25) is 0 Å². The van der Waals surface area contributed by atoms with Crippen LogP contribution in [-0.4, -0.2) is 23.3 Å². The Bertz CT molecular complexity index is 602. The summed E-state index contributed by atoms with van der Waals surface area (Å²) in [7, 11) is 1.77. The van der Waals surface area contributed by atoms with Crippen LogP contribution in [0, 0.1) is 5.41 Å². The third-order valence-corrected chi connectivity index (χ3v) is 4.52. The van der Waals surface area contributed by atoms with Crippen molar-refractivity contribution in [3.63, 3.8) is 0 Å². The van der Waals surface area contributed by atoms with Gasteiger partial charge < -0.3 is 9.30 Å². The van der Waals surface area contributed by atoms with Crippen molar-refractivity contribution >= 4 is 22.6 Å². The predicted octanol–water partition coefficient (Wildman–Crippen LogP) is 4.15. The molecule has 0 spiro atoms. The maximum Gasteiger partial charge on any atom is 0.127 e. The first-order valence-corrected chi connectivity index (χ1v) is 7.67. The summed E-state index contributed by atoms with van der Waals surface area (Å²) in [5.74, 6) is 0.983. The maximum atomic E-state index is 6.33. The number of alkyl halides is 1. The number of methoxy groups -OCH3 is 1. The Morgan fingerprint density at radius 3 is 2.80 bits per heavy atom. The fraction of sp³-hybridized carbons (Fsp3) is 0.562. The minimum absolute atomic E-state index is 0.0689. The molecule has 1 aliphatic carbocycles. The van der Waals surface area contributed by atoms with E-state index < -0.39 is 0 Å². The van der Waals surface area contributed by atoms with Gasteiger partial charge in [-0.2, -0.15) is 0 Å². The van der Waals surface area contributed by atoms with Gasteiger partial charge in [-0.1, -0.05) is 12.1 Å². The molecule has 1 saturated carbocycles. The van der Waals surface area contributed by atoms with Crippen molar-refractivity contribution in [2.24, 2.45) is 5.41 Å². The van der Waals surface area contributed by atoms with Gasteiger partial charge in [-0.05, 0) is 43.7 Å². The van der Waals surface area contributed by atoms with Crippen molar-refractivity contribution in [2.45, 2.75) is 38.1 Å². The van der Waals surface area contributed by atoms with E-state index in [1.165, 1.54) is 18.4 Å². The standard InChI is InChI=1S/C16H21ClN2O/c1-12(17)15-18-13-5-3-4-6-14(13)19(15)11-16(7-8-16)9-10-20-2/h3-6,12H,7-11H2,1-2H3. The third kappa shape index (κ3) is 2.57. The SMILES string of the molecule is COCCC1(Cn2c(C(C)Cl)nc3ccccc32)CC1. The predicted molar refractivity (Wildman–Crippen MR) is 82.2 cm³/mol. The summed E-state index contributed by atoms with van der Waals surface area (Å²) in [4.78, 5) is 4.70. The minimum Gasteiger partial charge on any atom is -0.385 e. The molecule has 0 aliphatic heterocycles. The van der Waals surface area contributed by atoms with Crippen LogP contribution in [0.15, 0.2) is 24.3 Å². The molecule has 3 nitrogen and oxygen atoms in total. The highest BCUT2D eigenvalue weighted by Crippen LogP contribution is 2.51. The molecule has 2 aromatic rings. The molecule has 0 bridgehead atoms. The van der Waals surface area contributed by atoms with Crippen LogP contribution >= 0.6 is 11.6 Å². The molecular weight excluding hydrogens is 272 g/mol. The second-order valence-electron chi connectivity index (χ2n) is 5.90. The van der Waals surface area contributed by atoms with Gasteiger partial charge in [0.25, 0.3) is 0 Å². The second kappa shape index (κ2) is 5.38. The van der Waals surface area contributed by atoms with Crippen LogP contribution in [-0.2, 0) is 11.3 Å². The van der Waals surface area contributed by atoms with Gasteiger partial charge in [-0.25, -0.2) is 4.98 Å². The molecule has 1 atom stereocenters. The molecule has 20 heavy (non-hydrogen) atoms. The number of nitrogens with zero attached hydrogens (tertiary/aromatic N) is 2. The Balaban J connectivity index is 1.95. The number of para-hydroxylation sites is 2. The van der Waals surface area contributed by atoms with E-state index in [4.69, 9.17) is 21.3 Å². The van der Waals surface area contributed by atoms with E-state index >= 15 is 0 Å². The lowest BCUT2D eigenvalue weighted by atomic mass is 10.0. The molecule has 4 heteroatoms. The molecule has 3 rings (SSSR count). The maximum absolute atomic E-state index is 6.33. The van der Waals surface area contributed by atoms with E-state index in [1.807, 2.05) is 13.0 Å². The van der Waals surface area contributed by atoms with Gasteiger partial charge in [0, 0.05) is 20.3 Å². The summed E-state index contributed by atoms with van der Waals surface area (Å²) in [6.07, 6.45) is 3.67. The molecule has 0 amide bonds. The fourth-order valence-electron chi connectivity index (χ4n) is 2.88. The van der Waals surface area contributed by atoms with Gasteiger partial charge in [-0.3, -0.25) is 0 Å². The van der Waals surface area contributed by atoms with Crippen LogP contribution in [0.4, 0.5) is 0 Å². The fourth-order valence-corrected chi connectivity index (χ4v) is 3.05. The quantitative estimate of drug-likeness (QED) is 0.748. The summed E-state index contributed by atoms with van der Waals surface area (Å²) >= 11 is 6.33. The molecule has 0 saturated heterocycles. The number of fused-ring (bicyclic) bond motifs is 1. The van der Waals surface area contributed by atoms with Gasteiger partial charge in [0.1, 0.15) is 5.82 Å². The van der Waals surface area contributed by atoms with Crippen LogP contribution in [0.2, 0.25) is 0 Å². The van der Waals surface area contributed by atoms with E-state index in [0.29, 0.717) is 5.41 Å². The topological polar surface area (TPSA) is 27.1 Å². The van der Waals surface area contributed by atoms with Crippen molar-refractivity contribution in [3.8, 4) is 0 Å². The zero-order valence-electron chi connectivity index (χ0n) is 12.1. The Morgan fingerprint density at radius 1 is 1.40 bits per heavy atom. The molecule has 1 aromatic heterocycles. The summed E-state index contributed by atoms with van der Waals surface area (Å²) < 4.78 is 7.57. The summed E-state index contributed by atoms with van der Waals surface area (Å²) in [6.45, 7) is 3.83. The molecule has 1 unspecified atom stereocenters. The van der Waals surface area contributed by atoms with E-state index in [-0.39, 0.29) is 5.38 Å². The molecule has 1 aromatic carbocycles. The van der Waals surface area contributed by atoms with Gasteiger partial charge in [0.15, 0.2) is 0 Å². The van der Waals surface area contributed by atoms with E-state index in [2.05, 4.69) is 22.8 Å². The largest absolute Gasteiger partial charge is 0.385 e. The van der Waals surface area contributed by atoms with E-state index in [1.54, 1.807) is 7.11 Å². The summed E-state index contributed by atoms with van der Waals surface area (Å²) in [6, 6.07) is 8.29.